The van der Waals surface area contributed by atoms with E-state index < -0.39 is 5.60 Å². The summed E-state index contributed by atoms with van der Waals surface area (Å²) in [6, 6.07) is 0.263. The number of hydrogen-bond acceptors (Lipinski definition) is 6. The predicted molar refractivity (Wildman–Crippen MR) is 87.3 cm³/mol. The molecule has 0 aliphatic carbocycles. The van der Waals surface area contributed by atoms with Crippen molar-refractivity contribution < 1.29 is 4.74 Å². The van der Waals surface area contributed by atoms with Crippen LogP contribution in [0, 0.1) is 13.8 Å². The van der Waals surface area contributed by atoms with Gasteiger partial charge < -0.3 is 14.6 Å². The Bertz CT molecular complexity index is 643. The van der Waals surface area contributed by atoms with Gasteiger partial charge in [-0.05, 0) is 40.5 Å². The van der Waals surface area contributed by atoms with Gasteiger partial charge in [-0.2, -0.15) is 4.37 Å². The highest BCUT2D eigenvalue weighted by atomic mass is 32.1. The normalized spacial score (nSPS) is 19.1. The van der Waals surface area contributed by atoms with Crippen molar-refractivity contribution in [1.82, 2.24) is 19.3 Å². The van der Waals surface area contributed by atoms with Gasteiger partial charge in [0.2, 0.25) is 5.13 Å². The number of nitrogens with zero attached hydrogens (tertiary/aromatic N) is 4. The number of aryl methyl sites for hydroxylation is 2. The maximum Gasteiger partial charge on any atom is 0.205 e. The van der Waals surface area contributed by atoms with E-state index in [-0.39, 0.29) is 6.04 Å². The van der Waals surface area contributed by atoms with Crippen LogP contribution in [0.25, 0.3) is 0 Å². The Labute approximate surface area is 135 Å². The average Bonchev–Trinajstić information content (AvgIpc) is 3.18. The first kappa shape index (κ1) is 15.4. The van der Waals surface area contributed by atoms with Crippen molar-refractivity contribution >= 4 is 16.7 Å². The van der Waals surface area contributed by atoms with Gasteiger partial charge in [-0.15, -0.1) is 0 Å². The molecule has 0 saturated carbocycles. The van der Waals surface area contributed by atoms with E-state index in [2.05, 4.69) is 26.2 Å². The molecule has 120 valence electrons. The Morgan fingerprint density at radius 2 is 2.09 bits per heavy atom. The molecule has 2 aromatic rings. The Morgan fingerprint density at radius 1 is 1.32 bits per heavy atom. The number of rotatable bonds is 4. The lowest BCUT2D eigenvalue weighted by Gasteiger charge is -2.22. The SMILES string of the molecule is COC(C)(C)c1nsc(N2CCCC2c2nc(C)c(C)[nH]2)n1. The smallest absolute Gasteiger partial charge is 0.205 e. The molecule has 1 N–H and O–H groups in total. The summed E-state index contributed by atoms with van der Waals surface area (Å²) in [6.45, 7) is 9.07. The zero-order valence-corrected chi connectivity index (χ0v) is 14.6. The molecule has 22 heavy (non-hydrogen) atoms. The van der Waals surface area contributed by atoms with Crippen LogP contribution < -0.4 is 4.90 Å². The molecule has 1 aliphatic heterocycles. The monoisotopic (exact) mass is 321 g/mol. The van der Waals surface area contributed by atoms with Crippen molar-refractivity contribution in [2.24, 2.45) is 0 Å². The standard InChI is InChI=1S/C15H23N5OS/c1-9-10(2)17-12(16-9)11-7-6-8-20(11)14-18-13(19-22-14)15(3,4)21-5/h11H,6-8H2,1-5H3,(H,16,17). The summed E-state index contributed by atoms with van der Waals surface area (Å²) in [4.78, 5) is 15.1. The molecule has 7 heteroatoms. The van der Waals surface area contributed by atoms with E-state index in [1.165, 1.54) is 11.5 Å². The third-order valence-corrected chi connectivity index (χ3v) is 5.18. The molecular weight excluding hydrogens is 298 g/mol. The van der Waals surface area contributed by atoms with Crippen LogP contribution >= 0.6 is 11.5 Å². The molecular formula is C15H23N5OS. The van der Waals surface area contributed by atoms with Gasteiger partial charge in [0.25, 0.3) is 0 Å². The summed E-state index contributed by atoms with van der Waals surface area (Å²) in [6.07, 6.45) is 2.24. The number of hydrogen-bond donors (Lipinski definition) is 1. The van der Waals surface area contributed by atoms with E-state index in [0.29, 0.717) is 0 Å². The van der Waals surface area contributed by atoms with Crippen molar-refractivity contribution in [3.05, 3.63) is 23.0 Å². The van der Waals surface area contributed by atoms with E-state index in [0.717, 1.165) is 47.6 Å². The van der Waals surface area contributed by atoms with Gasteiger partial charge in [-0.3, -0.25) is 0 Å². The fraction of sp³-hybridized carbons (Fsp3) is 0.667. The van der Waals surface area contributed by atoms with E-state index in [4.69, 9.17) is 9.72 Å². The second-order valence-corrected chi connectivity index (χ2v) is 7.03. The molecule has 0 aromatic carbocycles. The fourth-order valence-electron chi connectivity index (χ4n) is 2.68. The van der Waals surface area contributed by atoms with Gasteiger partial charge >= 0.3 is 0 Å². The van der Waals surface area contributed by atoms with Gasteiger partial charge in [0.15, 0.2) is 5.82 Å². The molecule has 1 aliphatic rings. The summed E-state index contributed by atoms with van der Waals surface area (Å²) in [5, 5.41) is 0.953. The minimum atomic E-state index is -0.457. The lowest BCUT2D eigenvalue weighted by atomic mass is 10.1. The average molecular weight is 321 g/mol. The maximum atomic E-state index is 5.47. The molecule has 1 unspecified atom stereocenters. The zero-order chi connectivity index (χ0) is 15.9. The third-order valence-electron chi connectivity index (χ3n) is 4.42. The quantitative estimate of drug-likeness (QED) is 0.937. The number of H-pyrrole nitrogens is 1. The van der Waals surface area contributed by atoms with E-state index in [1.807, 2.05) is 20.8 Å². The summed E-state index contributed by atoms with van der Waals surface area (Å²) < 4.78 is 9.96. The Kier molecular flexibility index (Phi) is 3.94. The van der Waals surface area contributed by atoms with Crippen molar-refractivity contribution in [2.45, 2.75) is 52.2 Å². The van der Waals surface area contributed by atoms with Crippen molar-refractivity contribution in [3.8, 4) is 0 Å². The van der Waals surface area contributed by atoms with Gasteiger partial charge in [0.1, 0.15) is 11.4 Å². The first-order chi connectivity index (χ1) is 10.4. The first-order valence-corrected chi connectivity index (χ1v) is 8.39. The highest BCUT2D eigenvalue weighted by Gasteiger charge is 2.33. The van der Waals surface area contributed by atoms with Crippen molar-refractivity contribution in [1.29, 1.82) is 0 Å². The highest BCUT2D eigenvalue weighted by Crippen LogP contribution is 2.37. The topological polar surface area (TPSA) is 66.9 Å². The molecule has 0 spiro atoms. The van der Waals surface area contributed by atoms with Crippen LogP contribution in [-0.2, 0) is 10.3 Å². The second kappa shape index (κ2) is 5.62. The van der Waals surface area contributed by atoms with Crippen LogP contribution in [0.1, 0.15) is 55.8 Å². The largest absolute Gasteiger partial charge is 0.371 e. The van der Waals surface area contributed by atoms with Crippen LogP contribution in [-0.4, -0.2) is 33.0 Å². The highest BCUT2D eigenvalue weighted by molar-refractivity contribution is 7.09. The van der Waals surface area contributed by atoms with Gasteiger partial charge in [0.05, 0.1) is 11.7 Å². The molecule has 3 heterocycles. The zero-order valence-electron chi connectivity index (χ0n) is 13.8. The molecule has 6 nitrogen and oxygen atoms in total. The van der Waals surface area contributed by atoms with Gasteiger partial charge in [-0.1, -0.05) is 0 Å². The summed E-state index contributed by atoms with van der Waals surface area (Å²) >= 11 is 1.44. The Hall–Kier alpha value is -1.47. The van der Waals surface area contributed by atoms with Gasteiger partial charge in [0, 0.05) is 30.9 Å². The molecule has 1 atom stereocenters. The molecule has 3 rings (SSSR count). The van der Waals surface area contributed by atoms with Crippen molar-refractivity contribution in [3.63, 3.8) is 0 Å². The molecule has 0 bridgehead atoms. The molecule has 2 aromatic heterocycles. The lowest BCUT2D eigenvalue weighted by molar-refractivity contribution is 0.0125. The summed E-state index contributed by atoms with van der Waals surface area (Å²) in [5.74, 6) is 1.78. The molecule has 1 saturated heterocycles. The van der Waals surface area contributed by atoms with E-state index >= 15 is 0 Å². The van der Waals surface area contributed by atoms with Crippen LogP contribution in [0.15, 0.2) is 0 Å². The number of methoxy groups -OCH3 is 1. The maximum absolute atomic E-state index is 5.47. The number of imidazole rings is 1. The number of nitrogens with one attached hydrogen (secondary N) is 1. The summed E-state index contributed by atoms with van der Waals surface area (Å²) in [7, 11) is 1.69. The van der Waals surface area contributed by atoms with E-state index in [1.54, 1.807) is 7.11 Å². The number of anilines is 1. The number of ether oxygens (including phenoxy) is 1. The molecule has 0 radical (unpaired) electrons. The number of aromatic amines is 1. The van der Waals surface area contributed by atoms with Crippen LogP contribution in [0.4, 0.5) is 5.13 Å². The molecule has 0 amide bonds. The second-order valence-electron chi connectivity index (χ2n) is 6.30. The van der Waals surface area contributed by atoms with Crippen molar-refractivity contribution in [2.75, 3.05) is 18.6 Å². The van der Waals surface area contributed by atoms with Crippen LogP contribution in [0.5, 0.6) is 0 Å². The predicted octanol–water partition coefficient (Wildman–Crippen LogP) is 3.10. The Balaban J connectivity index is 1.87. The minimum absolute atomic E-state index is 0.263. The lowest BCUT2D eigenvalue weighted by Crippen LogP contribution is -2.25. The van der Waals surface area contributed by atoms with E-state index in [9.17, 15) is 0 Å². The Morgan fingerprint density at radius 3 is 2.73 bits per heavy atom. The van der Waals surface area contributed by atoms with Crippen LogP contribution in [0.2, 0.25) is 0 Å². The fourth-order valence-corrected chi connectivity index (χ4v) is 3.56. The minimum Gasteiger partial charge on any atom is -0.371 e. The number of aromatic nitrogens is 4. The molecule has 1 fully saturated rings. The van der Waals surface area contributed by atoms with Crippen LogP contribution in [0.3, 0.4) is 0 Å². The first-order valence-electron chi connectivity index (χ1n) is 7.61. The van der Waals surface area contributed by atoms with Gasteiger partial charge in [-0.25, -0.2) is 9.97 Å². The summed E-state index contributed by atoms with van der Waals surface area (Å²) in [5.41, 5.74) is 1.75. The third kappa shape index (κ3) is 2.63.